The van der Waals surface area contributed by atoms with Gasteiger partial charge in [-0.2, -0.15) is 0 Å². The summed E-state index contributed by atoms with van der Waals surface area (Å²) in [6.45, 7) is 3.78. The van der Waals surface area contributed by atoms with Crippen LogP contribution in [0.1, 0.15) is 22.3 Å². The normalized spacial score (nSPS) is 14.1. The van der Waals surface area contributed by atoms with Gasteiger partial charge in [-0.25, -0.2) is 0 Å². The molecule has 7 heteroatoms. The number of amides is 2. The molecule has 1 saturated heterocycles. The molecule has 1 aromatic carbocycles. The number of esters is 1. The minimum absolute atomic E-state index is 0.0218. The van der Waals surface area contributed by atoms with Gasteiger partial charge in [-0.3, -0.25) is 14.4 Å². The van der Waals surface area contributed by atoms with Crippen molar-refractivity contribution in [3.8, 4) is 0 Å². The second-order valence-corrected chi connectivity index (χ2v) is 5.47. The van der Waals surface area contributed by atoms with Crippen molar-refractivity contribution < 1.29 is 23.9 Å². The lowest BCUT2D eigenvalue weighted by Crippen LogP contribution is -2.42. The minimum Gasteiger partial charge on any atom is -0.456 e. The third kappa shape index (κ3) is 5.34. The fourth-order valence-corrected chi connectivity index (χ4v) is 2.32. The van der Waals surface area contributed by atoms with E-state index in [0.717, 1.165) is 5.56 Å². The quantitative estimate of drug-likeness (QED) is 0.767. The highest BCUT2D eigenvalue weighted by molar-refractivity contribution is 5.95. The second kappa shape index (κ2) is 9.02. The molecule has 24 heavy (non-hydrogen) atoms. The van der Waals surface area contributed by atoms with E-state index in [2.05, 4.69) is 5.32 Å². The smallest absolute Gasteiger partial charge is 0.308 e. The lowest BCUT2D eigenvalue weighted by molar-refractivity contribution is -0.153. The summed E-state index contributed by atoms with van der Waals surface area (Å²) in [6.07, 6.45) is 0.0218. The third-order valence-electron chi connectivity index (χ3n) is 3.72. The minimum atomic E-state index is -0.512. The van der Waals surface area contributed by atoms with Crippen molar-refractivity contribution in [3.63, 3.8) is 0 Å². The number of morpholine rings is 1. The van der Waals surface area contributed by atoms with Crippen LogP contribution in [0.3, 0.4) is 0 Å². The molecule has 1 aliphatic heterocycles. The molecular weight excluding hydrogens is 312 g/mol. The molecule has 1 fully saturated rings. The lowest BCUT2D eigenvalue weighted by Gasteiger charge is -2.26. The summed E-state index contributed by atoms with van der Waals surface area (Å²) in [6, 6.07) is 7.22. The van der Waals surface area contributed by atoms with Gasteiger partial charge >= 0.3 is 5.97 Å². The van der Waals surface area contributed by atoms with Crippen LogP contribution in [0.25, 0.3) is 0 Å². The van der Waals surface area contributed by atoms with E-state index >= 15 is 0 Å². The van der Waals surface area contributed by atoms with Crippen molar-refractivity contribution in [2.75, 3.05) is 39.5 Å². The van der Waals surface area contributed by atoms with Gasteiger partial charge in [-0.15, -0.1) is 0 Å². The van der Waals surface area contributed by atoms with Crippen LogP contribution in [0, 0.1) is 6.92 Å². The van der Waals surface area contributed by atoms with Gasteiger partial charge < -0.3 is 19.7 Å². The van der Waals surface area contributed by atoms with Gasteiger partial charge in [0, 0.05) is 25.2 Å². The zero-order valence-corrected chi connectivity index (χ0v) is 13.7. The van der Waals surface area contributed by atoms with E-state index in [-0.39, 0.29) is 31.4 Å². The first-order chi connectivity index (χ1) is 11.6. The predicted octanol–water partition coefficient (Wildman–Crippen LogP) is 0.517. The van der Waals surface area contributed by atoms with Crippen LogP contribution in [0.2, 0.25) is 0 Å². The largest absolute Gasteiger partial charge is 0.456 e. The summed E-state index contributed by atoms with van der Waals surface area (Å²) < 4.78 is 10.1. The maximum absolute atomic E-state index is 12.0. The van der Waals surface area contributed by atoms with Crippen molar-refractivity contribution in [1.29, 1.82) is 0 Å². The molecule has 1 heterocycles. The summed E-state index contributed by atoms with van der Waals surface area (Å²) >= 11 is 0. The molecule has 0 bridgehead atoms. The van der Waals surface area contributed by atoms with Gasteiger partial charge in [0.25, 0.3) is 11.8 Å². The highest BCUT2D eigenvalue weighted by atomic mass is 16.5. The summed E-state index contributed by atoms with van der Waals surface area (Å²) in [5.41, 5.74) is 1.45. The Kier molecular flexibility index (Phi) is 6.74. The van der Waals surface area contributed by atoms with E-state index in [1.54, 1.807) is 17.0 Å². The van der Waals surface area contributed by atoms with E-state index in [0.29, 0.717) is 31.9 Å². The SMILES string of the molecule is Cc1ccccc1C(=O)NCCC(=O)OCC(=O)N1CCOCC1. The van der Waals surface area contributed by atoms with Crippen LogP contribution in [-0.2, 0) is 19.1 Å². The molecule has 7 nitrogen and oxygen atoms in total. The fraction of sp³-hybridized carbons (Fsp3) is 0.471. The Morgan fingerprint density at radius 2 is 1.92 bits per heavy atom. The number of ether oxygens (including phenoxy) is 2. The van der Waals surface area contributed by atoms with Crippen molar-refractivity contribution >= 4 is 17.8 Å². The topological polar surface area (TPSA) is 84.9 Å². The monoisotopic (exact) mass is 334 g/mol. The molecular formula is C17H22N2O5. The zero-order chi connectivity index (χ0) is 17.4. The Bertz CT molecular complexity index is 596. The fourth-order valence-electron chi connectivity index (χ4n) is 2.32. The highest BCUT2D eigenvalue weighted by Gasteiger charge is 2.18. The predicted molar refractivity (Wildman–Crippen MR) is 86.5 cm³/mol. The number of hydrogen-bond donors (Lipinski definition) is 1. The number of hydrogen-bond acceptors (Lipinski definition) is 5. The van der Waals surface area contributed by atoms with Crippen LogP contribution >= 0.6 is 0 Å². The molecule has 1 aromatic rings. The van der Waals surface area contributed by atoms with Gasteiger partial charge in [-0.05, 0) is 18.6 Å². The number of nitrogens with one attached hydrogen (secondary N) is 1. The molecule has 0 saturated carbocycles. The van der Waals surface area contributed by atoms with Gasteiger partial charge in [-0.1, -0.05) is 18.2 Å². The van der Waals surface area contributed by atoms with Crippen LogP contribution < -0.4 is 5.32 Å². The molecule has 2 amide bonds. The number of benzene rings is 1. The Hall–Kier alpha value is -2.41. The molecule has 2 rings (SSSR count). The first kappa shape index (κ1) is 17.9. The molecule has 0 unspecified atom stereocenters. The molecule has 0 aromatic heterocycles. The van der Waals surface area contributed by atoms with E-state index in [4.69, 9.17) is 9.47 Å². The lowest BCUT2D eigenvalue weighted by atomic mass is 10.1. The van der Waals surface area contributed by atoms with Gasteiger partial charge in [0.05, 0.1) is 19.6 Å². The maximum atomic E-state index is 12.0. The van der Waals surface area contributed by atoms with Gasteiger partial charge in [0.15, 0.2) is 6.61 Å². The number of carbonyl (C=O) groups is 3. The van der Waals surface area contributed by atoms with E-state index in [1.165, 1.54) is 0 Å². The Balaban J connectivity index is 1.65. The molecule has 0 atom stereocenters. The molecule has 1 N–H and O–H groups in total. The second-order valence-electron chi connectivity index (χ2n) is 5.47. The zero-order valence-electron chi connectivity index (χ0n) is 13.7. The summed E-state index contributed by atoms with van der Waals surface area (Å²) in [4.78, 5) is 37.1. The molecule has 1 aliphatic rings. The maximum Gasteiger partial charge on any atom is 0.308 e. The number of nitrogens with zero attached hydrogens (tertiary/aromatic N) is 1. The number of carbonyl (C=O) groups excluding carboxylic acids is 3. The van der Waals surface area contributed by atoms with Crippen LogP contribution in [-0.4, -0.2) is 62.1 Å². The summed E-state index contributed by atoms with van der Waals surface area (Å²) in [5, 5.41) is 2.67. The van der Waals surface area contributed by atoms with Crippen molar-refractivity contribution in [1.82, 2.24) is 10.2 Å². The average molecular weight is 334 g/mol. The summed E-state index contributed by atoms with van der Waals surface area (Å²) in [7, 11) is 0. The third-order valence-corrected chi connectivity index (χ3v) is 3.72. The van der Waals surface area contributed by atoms with Crippen LogP contribution in [0.15, 0.2) is 24.3 Å². The first-order valence-electron chi connectivity index (χ1n) is 7.93. The van der Waals surface area contributed by atoms with Crippen LogP contribution in [0.4, 0.5) is 0 Å². The molecule has 0 aliphatic carbocycles. The Morgan fingerprint density at radius 3 is 2.62 bits per heavy atom. The molecule has 0 spiro atoms. The van der Waals surface area contributed by atoms with Crippen molar-refractivity contribution in [2.45, 2.75) is 13.3 Å². The van der Waals surface area contributed by atoms with E-state index in [9.17, 15) is 14.4 Å². The van der Waals surface area contributed by atoms with Gasteiger partial charge in [0.2, 0.25) is 0 Å². The van der Waals surface area contributed by atoms with E-state index < -0.39 is 5.97 Å². The van der Waals surface area contributed by atoms with Crippen molar-refractivity contribution in [2.24, 2.45) is 0 Å². The number of aryl methyl sites for hydroxylation is 1. The standard InChI is InChI=1S/C17H22N2O5/c1-13-4-2-3-5-14(13)17(22)18-7-6-16(21)24-12-15(20)19-8-10-23-11-9-19/h2-5H,6-12H2,1H3,(H,18,22). The molecule has 0 radical (unpaired) electrons. The molecule has 130 valence electrons. The Labute approximate surface area is 140 Å². The number of rotatable bonds is 6. The average Bonchev–Trinajstić information content (AvgIpc) is 2.60. The van der Waals surface area contributed by atoms with Crippen molar-refractivity contribution in [3.05, 3.63) is 35.4 Å². The van der Waals surface area contributed by atoms with Crippen LogP contribution in [0.5, 0.6) is 0 Å². The first-order valence-corrected chi connectivity index (χ1v) is 7.93. The Morgan fingerprint density at radius 1 is 1.21 bits per heavy atom. The van der Waals surface area contributed by atoms with E-state index in [1.807, 2.05) is 19.1 Å². The van der Waals surface area contributed by atoms with Gasteiger partial charge in [0.1, 0.15) is 0 Å². The summed E-state index contributed by atoms with van der Waals surface area (Å²) in [5.74, 6) is -0.970. The highest BCUT2D eigenvalue weighted by Crippen LogP contribution is 2.06.